The summed E-state index contributed by atoms with van der Waals surface area (Å²) in [5.41, 5.74) is 0.197. The summed E-state index contributed by atoms with van der Waals surface area (Å²) < 4.78 is 54.7. The third-order valence-corrected chi connectivity index (χ3v) is 2.98. The van der Waals surface area contributed by atoms with E-state index in [2.05, 4.69) is 0 Å². The standard InChI is InChI=1S/C15H12F4/c1-8(2)10-7-11(14(18)15(19)13(10)17)9-5-3-4-6-12(9)16/h3-7,13H,1-2H3. The van der Waals surface area contributed by atoms with Gasteiger partial charge in [-0.25, -0.2) is 17.6 Å². The molecular formula is C15H12F4. The molecule has 1 aromatic carbocycles. The van der Waals surface area contributed by atoms with Crippen molar-refractivity contribution in [2.75, 3.05) is 0 Å². The van der Waals surface area contributed by atoms with E-state index in [-0.39, 0.29) is 16.7 Å². The topological polar surface area (TPSA) is 0 Å². The molecule has 0 nitrogen and oxygen atoms in total. The van der Waals surface area contributed by atoms with Gasteiger partial charge in [0.15, 0.2) is 17.8 Å². The number of benzene rings is 1. The van der Waals surface area contributed by atoms with Gasteiger partial charge in [-0.2, -0.15) is 0 Å². The molecule has 0 heterocycles. The Kier molecular flexibility index (Phi) is 3.60. The molecule has 1 unspecified atom stereocenters. The maximum Gasteiger partial charge on any atom is 0.179 e. The van der Waals surface area contributed by atoms with Crippen molar-refractivity contribution in [2.45, 2.75) is 20.0 Å². The first-order valence-electron chi connectivity index (χ1n) is 5.77. The van der Waals surface area contributed by atoms with Gasteiger partial charge >= 0.3 is 0 Å². The molecule has 1 atom stereocenters. The second-order valence-electron chi connectivity index (χ2n) is 4.52. The molecule has 19 heavy (non-hydrogen) atoms. The highest BCUT2D eigenvalue weighted by molar-refractivity contribution is 5.82. The van der Waals surface area contributed by atoms with Gasteiger partial charge in [0.1, 0.15) is 5.82 Å². The first kappa shape index (κ1) is 13.6. The zero-order chi connectivity index (χ0) is 14.2. The molecule has 0 radical (unpaired) electrons. The van der Waals surface area contributed by atoms with Crippen molar-refractivity contribution in [1.29, 1.82) is 0 Å². The normalized spacial score (nSPS) is 19.6. The molecule has 2 rings (SSSR count). The Hall–Kier alpha value is -1.84. The summed E-state index contributed by atoms with van der Waals surface area (Å²) in [6, 6.07) is 5.43. The predicted molar refractivity (Wildman–Crippen MR) is 66.9 cm³/mol. The number of hydrogen-bond acceptors (Lipinski definition) is 0. The molecule has 100 valence electrons. The molecule has 0 spiro atoms. The second-order valence-corrected chi connectivity index (χ2v) is 4.52. The third kappa shape index (κ3) is 2.35. The first-order chi connectivity index (χ1) is 8.93. The fourth-order valence-corrected chi connectivity index (χ4v) is 1.94. The summed E-state index contributed by atoms with van der Waals surface area (Å²) in [6.45, 7) is 3.18. The van der Waals surface area contributed by atoms with Crippen molar-refractivity contribution in [1.82, 2.24) is 0 Å². The van der Waals surface area contributed by atoms with Gasteiger partial charge in [0.25, 0.3) is 0 Å². The zero-order valence-corrected chi connectivity index (χ0v) is 10.5. The Labute approximate surface area is 108 Å². The number of rotatable bonds is 1. The maximum atomic E-state index is 13.8. The van der Waals surface area contributed by atoms with E-state index in [1.54, 1.807) is 13.8 Å². The molecule has 0 aliphatic heterocycles. The third-order valence-electron chi connectivity index (χ3n) is 2.98. The minimum absolute atomic E-state index is 0.0251. The number of alkyl halides is 1. The largest absolute Gasteiger partial charge is 0.234 e. The van der Waals surface area contributed by atoms with Crippen molar-refractivity contribution in [2.24, 2.45) is 0 Å². The lowest BCUT2D eigenvalue weighted by Crippen LogP contribution is -2.13. The molecule has 0 bridgehead atoms. The van der Waals surface area contributed by atoms with Crippen molar-refractivity contribution in [3.8, 4) is 0 Å². The summed E-state index contributed by atoms with van der Waals surface area (Å²) in [5, 5.41) is 0. The van der Waals surface area contributed by atoms with E-state index in [0.29, 0.717) is 5.57 Å². The van der Waals surface area contributed by atoms with Crippen LogP contribution < -0.4 is 0 Å². The lowest BCUT2D eigenvalue weighted by atomic mass is 9.91. The Bertz CT molecular complexity index is 604. The quantitative estimate of drug-likeness (QED) is 0.625. The molecule has 1 aliphatic carbocycles. The van der Waals surface area contributed by atoms with Gasteiger partial charge in [-0.3, -0.25) is 0 Å². The summed E-state index contributed by atoms with van der Waals surface area (Å²) in [6.07, 6.45) is -0.961. The van der Waals surface area contributed by atoms with E-state index in [0.717, 1.165) is 12.1 Å². The van der Waals surface area contributed by atoms with Crippen LogP contribution in [0.25, 0.3) is 5.57 Å². The summed E-state index contributed by atoms with van der Waals surface area (Å²) in [4.78, 5) is 0. The van der Waals surface area contributed by atoms with Gasteiger partial charge in [-0.1, -0.05) is 23.8 Å². The number of halogens is 4. The maximum absolute atomic E-state index is 13.8. The molecule has 0 saturated carbocycles. The van der Waals surface area contributed by atoms with Crippen molar-refractivity contribution in [3.05, 3.63) is 64.5 Å². The Morgan fingerprint density at radius 2 is 1.68 bits per heavy atom. The molecule has 0 fully saturated rings. The average Bonchev–Trinajstić information content (AvgIpc) is 2.37. The van der Waals surface area contributed by atoms with Crippen molar-refractivity contribution >= 4 is 5.57 Å². The van der Waals surface area contributed by atoms with Crippen LogP contribution in [0.4, 0.5) is 17.6 Å². The Morgan fingerprint density at radius 1 is 1.05 bits per heavy atom. The monoisotopic (exact) mass is 268 g/mol. The molecule has 4 heteroatoms. The smallest absolute Gasteiger partial charge is 0.179 e. The number of hydrogen-bond donors (Lipinski definition) is 0. The van der Waals surface area contributed by atoms with Crippen LogP contribution in [0.2, 0.25) is 0 Å². The van der Waals surface area contributed by atoms with Gasteiger partial charge in [0.05, 0.1) is 0 Å². The van der Waals surface area contributed by atoms with E-state index in [1.807, 2.05) is 0 Å². The van der Waals surface area contributed by atoms with Gasteiger partial charge in [0.2, 0.25) is 0 Å². The Morgan fingerprint density at radius 3 is 2.26 bits per heavy atom. The molecule has 0 amide bonds. The van der Waals surface area contributed by atoms with E-state index >= 15 is 0 Å². The lowest BCUT2D eigenvalue weighted by molar-refractivity contribution is 0.352. The minimum atomic E-state index is -2.12. The highest BCUT2D eigenvalue weighted by atomic mass is 19.2. The molecule has 0 aromatic heterocycles. The van der Waals surface area contributed by atoms with Crippen LogP contribution in [0.3, 0.4) is 0 Å². The molecule has 1 aromatic rings. The SMILES string of the molecule is CC(C)=C1C=C(c2ccccc2F)C(F)=C(F)C1F. The van der Waals surface area contributed by atoms with Crippen molar-refractivity contribution in [3.63, 3.8) is 0 Å². The fourth-order valence-electron chi connectivity index (χ4n) is 1.94. The molecule has 0 N–H and O–H groups in total. The van der Waals surface area contributed by atoms with Crippen LogP contribution in [-0.4, -0.2) is 6.17 Å². The number of allylic oxidation sites excluding steroid dienone is 6. The molecule has 0 saturated heterocycles. The average molecular weight is 268 g/mol. The second kappa shape index (κ2) is 5.03. The van der Waals surface area contributed by atoms with Crippen LogP contribution in [0.1, 0.15) is 19.4 Å². The molecular weight excluding hydrogens is 256 g/mol. The summed E-state index contributed by atoms with van der Waals surface area (Å²) in [5.74, 6) is -3.53. The van der Waals surface area contributed by atoms with E-state index in [1.165, 1.54) is 18.2 Å². The van der Waals surface area contributed by atoms with Gasteiger partial charge in [-0.15, -0.1) is 0 Å². The zero-order valence-electron chi connectivity index (χ0n) is 10.5. The van der Waals surface area contributed by atoms with E-state index in [4.69, 9.17) is 0 Å². The minimum Gasteiger partial charge on any atom is -0.234 e. The van der Waals surface area contributed by atoms with Crippen LogP contribution >= 0.6 is 0 Å². The van der Waals surface area contributed by atoms with Crippen LogP contribution in [0, 0.1) is 5.82 Å². The summed E-state index contributed by atoms with van der Waals surface area (Å²) >= 11 is 0. The highest BCUT2D eigenvalue weighted by Crippen LogP contribution is 2.39. The van der Waals surface area contributed by atoms with Crippen LogP contribution in [-0.2, 0) is 0 Å². The van der Waals surface area contributed by atoms with Gasteiger partial charge in [-0.05, 0) is 31.6 Å². The fraction of sp³-hybridized carbons (Fsp3) is 0.200. The first-order valence-corrected chi connectivity index (χ1v) is 5.77. The van der Waals surface area contributed by atoms with E-state index in [9.17, 15) is 17.6 Å². The van der Waals surface area contributed by atoms with E-state index < -0.39 is 23.6 Å². The van der Waals surface area contributed by atoms with Gasteiger partial charge in [0, 0.05) is 11.1 Å². The van der Waals surface area contributed by atoms with Gasteiger partial charge < -0.3 is 0 Å². The van der Waals surface area contributed by atoms with Crippen LogP contribution in [0.15, 0.2) is 53.1 Å². The van der Waals surface area contributed by atoms with Crippen LogP contribution in [0.5, 0.6) is 0 Å². The predicted octanol–water partition coefficient (Wildman–Crippen LogP) is 5.05. The highest BCUT2D eigenvalue weighted by Gasteiger charge is 2.31. The summed E-state index contributed by atoms with van der Waals surface area (Å²) in [7, 11) is 0. The van der Waals surface area contributed by atoms with Crippen molar-refractivity contribution < 1.29 is 17.6 Å². The lowest BCUT2D eigenvalue weighted by Gasteiger charge is -2.19. The Balaban J connectivity index is 2.66. The molecule has 1 aliphatic rings.